The first-order valence-electron chi connectivity index (χ1n) is 19.9. The number of carbonyl (C=O) groups excluding carboxylic acids is 4. The zero-order valence-electron chi connectivity index (χ0n) is 33.6. The van der Waals surface area contributed by atoms with Crippen LogP contribution in [0.1, 0.15) is 132 Å². The van der Waals surface area contributed by atoms with E-state index in [4.69, 9.17) is 14.5 Å². The van der Waals surface area contributed by atoms with E-state index in [2.05, 4.69) is 43.2 Å². The first kappa shape index (κ1) is 43.2. The van der Waals surface area contributed by atoms with Crippen LogP contribution in [-0.2, 0) is 30.3 Å². The van der Waals surface area contributed by atoms with Gasteiger partial charge in [0, 0.05) is 37.0 Å². The summed E-state index contributed by atoms with van der Waals surface area (Å²) >= 11 is 1.36. The number of piperidine rings is 1. The van der Waals surface area contributed by atoms with E-state index in [9.17, 15) is 24.3 Å². The number of ether oxygens (including phenoxy) is 2. The number of phenolic OH excluding ortho intramolecular Hbond substituents is 1. The summed E-state index contributed by atoms with van der Waals surface area (Å²) in [5, 5.41) is 18.7. The van der Waals surface area contributed by atoms with Gasteiger partial charge in [0.05, 0.1) is 19.1 Å². The summed E-state index contributed by atoms with van der Waals surface area (Å²) in [6.45, 7) is 14.3. The van der Waals surface area contributed by atoms with E-state index in [0.717, 1.165) is 50.6 Å². The Labute approximate surface area is 325 Å². The van der Waals surface area contributed by atoms with Crippen molar-refractivity contribution in [2.24, 2.45) is 11.8 Å². The highest BCUT2D eigenvalue weighted by Crippen LogP contribution is 2.36. The number of hydrogen-bond donors (Lipinski definition) is 3. The van der Waals surface area contributed by atoms with Crippen molar-refractivity contribution in [3.05, 3.63) is 45.4 Å². The largest absolute Gasteiger partial charge is 0.508 e. The summed E-state index contributed by atoms with van der Waals surface area (Å²) < 4.78 is 11.5. The minimum Gasteiger partial charge on any atom is -0.508 e. The van der Waals surface area contributed by atoms with Crippen molar-refractivity contribution >= 4 is 35.0 Å². The third-order valence-corrected chi connectivity index (χ3v) is 12.0. The van der Waals surface area contributed by atoms with E-state index in [-0.39, 0.29) is 59.1 Å². The van der Waals surface area contributed by atoms with E-state index in [1.165, 1.54) is 18.4 Å². The van der Waals surface area contributed by atoms with Crippen LogP contribution in [0.2, 0.25) is 0 Å². The highest BCUT2D eigenvalue weighted by atomic mass is 32.1. The van der Waals surface area contributed by atoms with Crippen molar-refractivity contribution in [2.45, 2.75) is 136 Å². The second kappa shape index (κ2) is 20.4. The van der Waals surface area contributed by atoms with Gasteiger partial charge in [0.2, 0.25) is 11.8 Å². The van der Waals surface area contributed by atoms with Gasteiger partial charge >= 0.3 is 5.97 Å². The van der Waals surface area contributed by atoms with Crippen LogP contribution in [0.4, 0.5) is 0 Å². The Morgan fingerprint density at radius 1 is 1.11 bits per heavy atom. The van der Waals surface area contributed by atoms with Crippen LogP contribution in [0.3, 0.4) is 0 Å². The van der Waals surface area contributed by atoms with Crippen molar-refractivity contribution in [1.82, 2.24) is 25.4 Å². The van der Waals surface area contributed by atoms with Crippen molar-refractivity contribution in [2.75, 3.05) is 33.9 Å². The van der Waals surface area contributed by atoms with Crippen LogP contribution < -0.4 is 10.6 Å². The lowest BCUT2D eigenvalue weighted by atomic mass is 9.80. The summed E-state index contributed by atoms with van der Waals surface area (Å²) in [6.07, 6.45) is 6.01. The molecule has 0 bridgehead atoms. The predicted molar refractivity (Wildman–Crippen MR) is 210 cm³/mol. The van der Waals surface area contributed by atoms with Gasteiger partial charge in [-0.1, -0.05) is 60.5 Å². The van der Waals surface area contributed by atoms with E-state index < -0.39 is 24.0 Å². The third-order valence-electron chi connectivity index (χ3n) is 11.1. The smallest absolute Gasteiger partial charge is 0.313 e. The Morgan fingerprint density at radius 3 is 2.52 bits per heavy atom. The summed E-state index contributed by atoms with van der Waals surface area (Å²) in [6, 6.07) is 3.52. The topological polar surface area (TPSA) is 150 Å². The maximum absolute atomic E-state index is 14.6. The number of likely N-dealkylation sites (tertiary alicyclic amines) is 1. The molecule has 0 saturated carbocycles. The molecule has 0 unspecified atom stereocenters. The number of hydrogen-bond acceptors (Lipinski definition) is 10. The summed E-state index contributed by atoms with van der Waals surface area (Å²) in [5.74, 6) is -1.43. The van der Waals surface area contributed by atoms with E-state index in [1.54, 1.807) is 23.6 Å². The molecule has 3 N–H and O–H groups in total. The molecule has 54 heavy (non-hydrogen) atoms. The number of esters is 1. The molecule has 2 aromatic rings. The molecular formula is C41H63N5O7S. The lowest BCUT2D eigenvalue weighted by Gasteiger charge is -2.40. The Hall–Kier alpha value is -3.55. The molecule has 0 radical (unpaired) electrons. The number of fused-ring (bicyclic) bond motifs is 1. The molecule has 1 aliphatic heterocycles. The Balaban J connectivity index is 1.54. The van der Waals surface area contributed by atoms with Gasteiger partial charge in [-0.15, -0.1) is 11.3 Å². The lowest BCUT2D eigenvalue weighted by Crippen LogP contribution is -2.58. The van der Waals surface area contributed by atoms with Gasteiger partial charge in [0.1, 0.15) is 28.6 Å². The maximum atomic E-state index is 14.6. The average molecular weight is 770 g/mol. The molecule has 2 heterocycles. The molecule has 1 saturated heterocycles. The second-order valence-corrected chi connectivity index (χ2v) is 16.3. The molecule has 1 aromatic heterocycles. The molecule has 1 aliphatic carbocycles. The molecule has 1 aromatic carbocycles. The number of amides is 3. The van der Waals surface area contributed by atoms with Gasteiger partial charge in [-0.05, 0) is 87.2 Å². The predicted octanol–water partition coefficient (Wildman–Crippen LogP) is 5.99. The molecule has 13 heteroatoms. The van der Waals surface area contributed by atoms with Crippen molar-refractivity contribution < 1.29 is 33.8 Å². The number of nitrogens with zero attached hydrogens (tertiary/aromatic N) is 3. The number of nitrogens with one attached hydrogen (secondary N) is 2. The number of likely N-dealkylation sites (N-methyl/N-ethyl adjacent to an activating group) is 1. The first-order chi connectivity index (χ1) is 25.8. The molecular weight excluding hydrogens is 707 g/mol. The van der Waals surface area contributed by atoms with Gasteiger partial charge in [-0.2, -0.15) is 0 Å². The van der Waals surface area contributed by atoms with Crippen LogP contribution in [0, 0.1) is 11.8 Å². The zero-order valence-corrected chi connectivity index (χ0v) is 34.4. The molecule has 12 nitrogen and oxygen atoms in total. The van der Waals surface area contributed by atoms with Crippen LogP contribution in [0.15, 0.2) is 23.6 Å². The van der Waals surface area contributed by atoms with Gasteiger partial charge in [-0.25, -0.2) is 4.98 Å². The fourth-order valence-corrected chi connectivity index (χ4v) is 8.66. The molecule has 0 spiro atoms. The van der Waals surface area contributed by atoms with Gasteiger partial charge in [0.15, 0.2) is 0 Å². The fraction of sp³-hybridized carbons (Fsp3) is 0.683. The highest BCUT2D eigenvalue weighted by molar-refractivity contribution is 7.09. The summed E-state index contributed by atoms with van der Waals surface area (Å²) in [5.41, 5.74) is 1.85. The minimum absolute atomic E-state index is 0.0534. The van der Waals surface area contributed by atoms with Crippen molar-refractivity contribution in [3.63, 3.8) is 0 Å². The zero-order chi connectivity index (χ0) is 39.5. The number of carbonyl (C=O) groups is 4. The monoisotopic (exact) mass is 769 g/mol. The Kier molecular flexibility index (Phi) is 16.3. The van der Waals surface area contributed by atoms with Crippen LogP contribution in [0.25, 0.3) is 0 Å². The summed E-state index contributed by atoms with van der Waals surface area (Å²) in [7, 11) is 3.31. The van der Waals surface area contributed by atoms with E-state index in [0.29, 0.717) is 43.0 Å². The molecule has 7 atom stereocenters. The lowest BCUT2D eigenvalue weighted by molar-refractivity contribution is -0.143. The van der Waals surface area contributed by atoms with Crippen LogP contribution >= 0.6 is 11.3 Å². The Morgan fingerprint density at radius 2 is 1.87 bits per heavy atom. The standard InChI is InChI=1S/C41H63N5O7S/c1-9-17-46(40(50)36(26(6)11-3)44-38(49)33-14-12-13-18-45(33)7)34(25(4)5)23-35(53-19-10-2)39-43-32(24-54-39)37(48)42-28-20-27-15-16-29(47)22-30(27)31(21-28)41(51)52-8/h15-16,22,24-26,28,31,33-36,47H,9-14,17-21,23H2,1-8H3,(H,42,48)(H,44,49)/t26-,28-,31+,33+,34+,35+,36-/m0/s1. The van der Waals surface area contributed by atoms with Gasteiger partial charge in [-0.3, -0.25) is 24.1 Å². The highest BCUT2D eigenvalue weighted by Gasteiger charge is 2.39. The molecule has 1 fully saturated rings. The number of benzene rings is 1. The van der Waals surface area contributed by atoms with Crippen LogP contribution in [-0.4, -0.2) is 102 Å². The number of thiazole rings is 1. The van der Waals surface area contributed by atoms with Crippen molar-refractivity contribution in [1.29, 1.82) is 0 Å². The summed E-state index contributed by atoms with van der Waals surface area (Å²) in [4.78, 5) is 63.4. The van der Waals surface area contributed by atoms with Crippen molar-refractivity contribution in [3.8, 4) is 5.75 Å². The van der Waals surface area contributed by atoms with Gasteiger partial charge in [0.25, 0.3) is 5.91 Å². The number of aromatic hydroxyl groups is 1. The number of aromatic nitrogens is 1. The maximum Gasteiger partial charge on any atom is 0.313 e. The number of methoxy groups -OCH3 is 1. The SMILES string of the molecule is CCCO[C@H](C[C@H](C(C)C)N(CCC)C(=O)[C@@H](NC(=O)[C@H]1CCCCN1C)[C@@H](C)CC)c1nc(C(=O)N[C@H]2Cc3ccc(O)cc3[C@H](C(=O)OC)C2)cs1. The minimum atomic E-state index is -0.646. The molecule has 4 rings (SSSR count). The number of rotatable bonds is 18. The quantitative estimate of drug-likeness (QED) is 0.156. The molecule has 2 aliphatic rings. The Bertz CT molecular complexity index is 1570. The van der Waals surface area contributed by atoms with E-state index in [1.807, 2.05) is 25.8 Å². The first-order valence-corrected chi connectivity index (χ1v) is 20.8. The number of phenols is 1. The molecule has 3 amide bonds. The van der Waals surface area contributed by atoms with E-state index >= 15 is 0 Å². The van der Waals surface area contributed by atoms with Crippen LogP contribution in [0.5, 0.6) is 5.75 Å². The van der Waals surface area contributed by atoms with Gasteiger partial charge < -0.3 is 30.1 Å². The average Bonchev–Trinajstić information content (AvgIpc) is 3.66. The third kappa shape index (κ3) is 10.8. The second-order valence-electron chi connectivity index (χ2n) is 15.4. The molecule has 300 valence electrons. The fourth-order valence-electron chi connectivity index (χ4n) is 7.80. The normalized spacial score (nSPS) is 21.0.